The van der Waals surface area contributed by atoms with Crippen molar-refractivity contribution in [3.63, 3.8) is 0 Å². The van der Waals surface area contributed by atoms with Crippen LogP contribution >= 0.6 is 0 Å². The third-order valence-electron chi connectivity index (χ3n) is 1.33. The minimum Gasteiger partial charge on any atom is -0.358 e. The largest absolute Gasteiger partial charge is 0.358 e. The first-order valence-corrected chi connectivity index (χ1v) is 3.12. The molecule has 0 amide bonds. The van der Waals surface area contributed by atoms with E-state index < -0.39 is 4.92 Å². The molecule has 0 radical (unpaired) electrons. The van der Waals surface area contributed by atoms with E-state index in [1.165, 1.54) is 6.07 Å². The van der Waals surface area contributed by atoms with Crippen molar-refractivity contribution in [3.05, 3.63) is 22.2 Å². The first-order chi connectivity index (χ1) is 5.11. The molecule has 1 aromatic rings. The van der Waals surface area contributed by atoms with Gasteiger partial charge in [0, 0.05) is 26.2 Å². The highest BCUT2D eigenvalue weighted by Crippen LogP contribution is 2.15. The molecule has 0 fully saturated rings. The standard InChI is InChI=1S/C6H9N3O2/c1-8(2)5-3-4-6(7-5)9(10)11/h3-4,7H,1-2H3. The van der Waals surface area contributed by atoms with E-state index in [0.717, 1.165) is 5.82 Å². The van der Waals surface area contributed by atoms with E-state index in [2.05, 4.69) is 4.98 Å². The van der Waals surface area contributed by atoms with E-state index in [1.54, 1.807) is 11.0 Å². The second-order valence-electron chi connectivity index (χ2n) is 2.38. The normalized spacial score (nSPS) is 9.64. The summed E-state index contributed by atoms with van der Waals surface area (Å²) < 4.78 is 0. The van der Waals surface area contributed by atoms with Crippen LogP contribution in [0.1, 0.15) is 0 Å². The predicted molar refractivity (Wildman–Crippen MR) is 41.8 cm³/mol. The second kappa shape index (κ2) is 2.61. The molecule has 0 unspecified atom stereocenters. The number of hydrogen-bond donors (Lipinski definition) is 1. The number of aromatic nitrogens is 1. The molecule has 5 nitrogen and oxygen atoms in total. The van der Waals surface area contributed by atoms with Gasteiger partial charge in [-0.1, -0.05) is 0 Å². The fourth-order valence-corrected chi connectivity index (χ4v) is 0.740. The van der Waals surface area contributed by atoms with Gasteiger partial charge in [-0.15, -0.1) is 0 Å². The van der Waals surface area contributed by atoms with E-state index >= 15 is 0 Å². The number of nitrogens with one attached hydrogen (secondary N) is 1. The molecule has 11 heavy (non-hydrogen) atoms. The van der Waals surface area contributed by atoms with Gasteiger partial charge in [0.15, 0.2) is 5.82 Å². The molecule has 0 saturated heterocycles. The van der Waals surface area contributed by atoms with Crippen LogP contribution in [-0.2, 0) is 0 Å². The van der Waals surface area contributed by atoms with Gasteiger partial charge < -0.3 is 15.0 Å². The summed E-state index contributed by atoms with van der Waals surface area (Å²) in [6, 6.07) is 3.10. The van der Waals surface area contributed by atoms with Crippen LogP contribution < -0.4 is 4.90 Å². The summed E-state index contributed by atoms with van der Waals surface area (Å²) in [7, 11) is 3.63. The molecule has 0 bridgehead atoms. The van der Waals surface area contributed by atoms with Gasteiger partial charge in [0.1, 0.15) is 0 Å². The number of hydrogen-bond acceptors (Lipinski definition) is 3. The Morgan fingerprint density at radius 1 is 1.55 bits per heavy atom. The molecule has 1 aromatic heterocycles. The summed E-state index contributed by atoms with van der Waals surface area (Å²) >= 11 is 0. The Labute approximate surface area is 63.8 Å². The van der Waals surface area contributed by atoms with Crippen LogP contribution in [0.2, 0.25) is 0 Å². The summed E-state index contributed by atoms with van der Waals surface area (Å²) in [5.74, 6) is 0.755. The fraction of sp³-hybridized carbons (Fsp3) is 0.333. The number of nitro groups is 1. The molecule has 1 rings (SSSR count). The molecular formula is C6H9N3O2. The lowest BCUT2D eigenvalue weighted by Crippen LogP contribution is -2.08. The topological polar surface area (TPSA) is 62.2 Å². The molecule has 0 aromatic carbocycles. The summed E-state index contributed by atoms with van der Waals surface area (Å²) in [5.41, 5.74) is 0. The van der Waals surface area contributed by atoms with E-state index in [0.29, 0.717) is 0 Å². The molecule has 0 atom stereocenters. The van der Waals surface area contributed by atoms with Crippen molar-refractivity contribution in [2.75, 3.05) is 19.0 Å². The van der Waals surface area contributed by atoms with Crippen molar-refractivity contribution >= 4 is 11.6 Å². The maximum absolute atomic E-state index is 10.2. The highest BCUT2D eigenvalue weighted by molar-refractivity contribution is 5.43. The predicted octanol–water partition coefficient (Wildman–Crippen LogP) is 0.989. The van der Waals surface area contributed by atoms with Crippen molar-refractivity contribution in [1.82, 2.24) is 4.98 Å². The Morgan fingerprint density at radius 3 is 2.45 bits per heavy atom. The molecular weight excluding hydrogens is 146 g/mol. The van der Waals surface area contributed by atoms with Crippen molar-refractivity contribution in [1.29, 1.82) is 0 Å². The van der Waals surface area contributed by atoms with Crippen molar-refractivity contribution < 1.29 is 4.92 Å². The van der Waals surface area contributed by atoms with Crippen molar-refractivity contribution in [2.45, 2.75) is 0 Å². The summed E-state index contributed by atoms with van der Waals surface area (Å²) in [6.45, 7) is 0. The quantitative estimate of drug-likeness (QED) is 0.511. The molecule has 5 heteroatoms. The second-order valence-corrected chi connectivity index (χ2v) is 2.38. The van der Waals surface area contributed by atoms with Gasteiger partial charge in [-0.25, -0.2) is 4.98 Å². The van der Waals surface area contributed by atoms with Crippen LogP contribution in [0.5, 0.6) is 0 Å². The highest BCUT2D eigenvalue weighted by atomic mass is 16.6. The smallest absolute Gasteiger partial charge is 0.322 e. The van der Waals surface area contributed by atoms with Crippen molar-refractivity contribution in [3.8, 4) is 0 Å². The maximum Gasteiger partial charge on any atom is 0.322 e. The maximum atomic E-state index is 10.2. The molecule has 0 saturated carbocycles. The number of H-pyrrole nitrogens is 1. The molecule has 0 spiro atoms. The molecule has 0 aliphatic heterocycles. The molecule has 1 N–H and O–H groups in total. The Hall–Kier alpha value is -1.52. The zero-order valence-electron chi connectivity index (χ0n) is 6.37. The lowest BCUT2D eigenvalue weighted by molar-refractivity contribution is -0.389. The monoisotopic (exact) mass is 155 g/mol. The Kier molecular flexibility index (Phi) is 1.80. The van der Waals surface area contributed by atoms with E-state index in [4.69, 9.17) is 0 Å². The number of anilines is 1. The zero-order chi connectivity index (χ0) is 8.43. The van der Waals surface area contributed by atoms with Crippen LogP contribution in [0.25, 0.3) is 0 Å². The third kappa shape index (κ3) is 1.49. The number of nitrogens with zero attached hydrogens (tertiary/aromatic N) is 2. The lowest BCUT2D eigenvalue weighted by Gasteiger charge is -2.03. The van der Waals surface area contributed by atoms with Gasteiger partial charge in [0.25, 0.3) is 0 Å². The molecule has 0 aliphatic rings. The van der Waals surface area contributed by atoms with Crippen LogP contribution in [0, 0.1) is 10.1 Å². The first kappa shape index (κ1) is 7.59. The first-order valence-electron chi connectivity index (χ1n) is 3.12. The number of aromatic amines is 1. The summed E-state index contributed by atoms with van der Waals surface area (Å²) in [4.78, 5) is 14.2. The van der Waals surface area contributed by atoms with Gasteiger partial charge in [0.05, 0.1) is 0 Å². The van der Waals surface area contributed by atoms with Gasteiger partial charge in [-0.05, 0) is 4.92 Å². The summed E-state index contributed by atoms with van der Waals surface area (Å²) in [5, 5.41) is 10.2. The van der Waals surface area contributed by atoms with Crippen LogP contribution in [0.3, 0.4) is 0 Å². The van der Waals surface area contributed by atoms with Crippen LogP contribution in [-0.4, -0.2) is 24.0 Å². The van der Waals surface area contributed by atoms with Gasteiger partial charge >= 0.3 is 5.82 Å². The fourth-order valence-electron chi connectivity index (χ4n) is 0.740. The Morgan fingerprint density at radius 2 is 2.18 bits per heavy atom. The Balaban J connectivity index is 2.90. The number of rotatable bonds is 2. The minimum absolute atomic E-state index is 0.0219. The van der Waals surface area contributed by atoms with Gasteiger partial charge in [-0.3, -0.25) is 0 Å². The van der Waals surface area contributed by atoms with Crippen molar-refractivity contribution in [2.24, 2.45) is 0 Å². The molecule has 1 heterocycles. The van der Waals surface area contributed by atoms with Gasteiger partial charge in [-0.2, -0.15) is 0 Å². The Bertz CT molecular complexity index is 267. The lowest BCUT2D eigenvalue weighted by atomic mass is 10.6. The minimum atomic E-state index is -0.451. The zero-order valence-corrected chi connectivity index (χ0v) is 6.37. The van der Waals surface area contributed by atoms with Crippen LogP contribution in [0.4, 0.5) is 11.6 Å². The van der Waals surface area contributed by atoms with E-state index in [-0.39, 0.29) is 5.82 Å². The summed E-state index contributed by atoms with van der Waals surface area (Å²) in [6.07, 6.45) is 0. The van der Waals surface area contributed by atoms with Gasteiger partial charge in [0.2, 0.25) is 0 Å². The van der Waals surface area contributed by atoms with E-state index in [1.807, 2.05) is 14.1 Å². The average molecular weight is 155 g/mol. The van der Waals surface area contributed by atoms with E-state index in [9.17, 15) is 10.1 Å². The average Bonchev–Trinajstić information content (AvgIpc) is 2.33. The SMILES string of the molecule is CN(C)c1ccc([N+](=O)[O-])[nH]1. The molecule has 60 valence electrons. The highest BCUT2D eigenvalue weighted by Gasteiger charge is 2.08. The van der Waals surface area contributed by atoms with Crippen LogP contribution in [0.15, 0.2) is 12.1 Å². The third-order valence-corrected chi connectivity index (χ3v) is 1.33. The molecule has 0 aliphatic carbocycles.